The molecule has 2 aromatic heterocycles. The van der Waals surface area contributed by atoms with Gasteiger partial charge in [-0.15, -0.1) is 0 Å². The van der Waals surface area contributed by atoms with Crippen molar-refractivity contribution in [1.82, 2.24) is 14.5 Å². The summed E-state index contributed by atoms with van der Waals surface area (Å²) in [6.07, 6.45) is 0. The van der Waals surface area contributed by atoms with Crippen molar-refractivity contribution in [3.63, 3.8) is 0 Å². The van der Waals surface area contributed by atoms with Gasteiger partial charge >= 0.3 is 0 Å². The van der Waals surface area contributed by atoms with Gasteiger partial charge in [-0.3, -0.25) is 4.57 Å². The third-order valence-electron chi connectivity index (χ3n) is 10.5. The summed E-state index contributed by atoms with van der Waals surface area (Å²) in [6.45, 7) is 6.49. The molecule has 2 heterocycles. The minimum Gasteiger partial charge on any atom is -0.294 e. The van der Waals surface area contributed by atoms with E-state index in [0.29, 0.717) is 5.82 Å². The second kappa shape index (κ2) is 13.3. The van der Waals surface area contributed by atoms with Gasteiger partial charge < -0.3 is 0 Å². The number of hydrogen-bond acceptors (Lipinski definition) is 2. The van der Waals surface area contributed by atoms with E-state index in [1.54, 1.807) is 0 Å². The predicted octanol–water partition coefficient (Wildman–Crippen LogP) is 9.21. The monoisotopic (exact) mass is 697 g/mol. The van der Waals surface area contributed by atoms with Crippen LogP contribution in [-0.4, -0.2) is 22.6 Å². The third-order valence-corrected chi connectivity index (χ3v) is 15.2. The van der Waals surface area contributed by atoms with E-state index in [9.17, 15) is 0 Å². The van der Waals surface area contributed by atoms with Gasteiger partial charge in [0.15, 0.2) is 13.9 Å². The van der Waals surface area contributed by atoms with Crippen LogP contribution in [0.3, 0.4) is 0 Å². The standard InChI is InChI=1S/C49H39N3Si/c1-34-16-15-17-37(28-34)45-33-48(52-46-25-14-13-24-43(46)44-31-35(2)26-27-47(44)52)51-49(50-45)38-29-36(3)30-42(32-38)53(39-18-7-4-8-19-39,40-20-9-5-10-21-40)41-22-11-6-12-23-41/h4-33H,1-3H3. The third kappa shape index (κ3) is 5.68. The average molecular weight is 698 g/mol. The molecule has 0 atom stereocenters. The van der Waals surface area contributed by atoms with E-state index < -0.39 is 8.07 Å². The van der Waals surface area contributed by atoms with Crippen LogP contribution in [0.5, 0.6) is 0 Å². The summed E-state index contributed by atoms with van der Waals surface area (Å²) in [4.78, 5) is 10.8. The highest BCUT2D eigenvalue weighted by atomic mass is 28.3. The molecule has 0 aliphatic rings. The average Bonchev–Trinajstić information content (AvgIpc) is 3.52. The molecule has 7 aromatic carbocycles. The highest BCUT2D eigenvalue weighted by Crippen LogP contribution is 2.34. The van der Waals surface area contributed by atoms with Crippen LogP contribution in [0.15, 0.2) is 182 Å². The fourth-order valence-corrected chi connectivity index (χ4v) is 13.1. The first-order chi connectivity index (χ1) is 26.0. The Kier molecular flexibility index (Phi) is 8.17. The van der Waals surface area contributed by atoms with Crippen LogP contribution >= 0.6 is 0 Å². The first-order valence-electron chi connectivity index (χ1n) is 18.2. The molecule has 0 saturated carbocycles. The van der Waals surface area contributed by atoms with Gasteiger partial charge in [0.1, 0.15) is 5.82 Å². The molecule has 9 aromatic rings. The molecule has 0 spiro atoms. The second-order valence-corrected chi connectivity index (χ2v) is 17.9. The molecule has 0 aliphatic carbocycles. The summed E-state index contributed by atoms with van der Waals surface area (Å²) in [5.41, 5.74) is 8.83. The van der Waals surface area contributed by atoms with Crippen LogP contribution in [0.25, 0.3) is 50.3 Å². The number of para-hydroxylation sites is 1. The van der Waals surface area contributed by atoms with Gasteiger partial charge in [0.05, 0.1) is 16.7 Å². The summed E-state index contributed by atoms with van der Waals surface area (Å²) < 4.78 is 2.31. The van der Waals surface area contributed by atoms with Crippen LogP contribution in [0.2, 0.25) is 0 Å². The number of hydrogen-bond donors (Lipinski definition) is 0. The Morgan fingerprint density at radius 2 is 0.981 bits per heavy atom. The number of nitrogens with zero attached hydrogens (tertiary/aromatic N) is 3. The van der Waals surface area contributed by atoms with Gasteiger partial charge in [-0.2, -0.15) is 0 Å². The van der Waals surface area contributed by atoms with Crippen molar-refractivity contribution in [2.45, 2.75) is 20.8 Å². The summed E-state index contributed by atoms with van der Waals surface area (Å²) >= 11 is 0. The lowest BCUT2D eigenvalue weighted by atomic mass is 10.1. The maximum Gasteiger partial charge on any atom is 0.179 e. The fourth-order valence-electron chi connectivity index (χ4n) is 8.16. The summed E-state index contributed by atoms with van der Waals surface area (Å²) in [5.74, 6) is 1.56. The zero-order chi connectivity index (χ0) is 35.9. The molecule has 3 nitrogen and oxygen atoms in total. The molecular formula is C49H39N3Si. The van der Waals surface area contributed by atoms with Crippen molar-refractivity contribution in [2.75, 3.05) is 0 Å². The zero-order valence-electron chi connectivity index (χ0n) is 30.2. The summed E-state index contributed by atoms with van der Waals surface area (Å²) in [7, 11) is -2.79. The Hall–Kier alpha value is -6.36. The number of rotatable bonds is 7. The quantitative estimate of drug-likeness (QED) is 0.123. The molecule has 0 radical (unpaired) electrons. The smallest absolute Gasteiger partial charge is 0.179 e. The molecule has 0 bridgehead atoms. The Morgan fingerprint density at radius 3 is 1.64 bits per heavy atom. The Bertz CT molecular complexity index is 2660. The largest absolute Gasteiger partial charge is 0.294 e. The molecule has 0 N–H and O–H groups in total. The lowest BCUT2D eigenvalue weighted by Gasteiger charge is -2.35. The van der Waals surface area contributed by atoms with Gasteiger partial charge in [0.25, 0.3) is 0 Å². The maximum atomic E-state index is 5.47. The molecule has 9 rings (SSSR count). The van der Waals surface area contributed by atoms with E-state index in [4.69, 9.17) is 9.97 Å². The van der Waals surface area contributed by atoms with Crippen LogP contribution in [0.1, 0.15) is 16.7 Å². The van der Waals surface area contributed by atoms with E-state index in [0.717, 1.165) is 33.7 Å². The van der Waals surface area contributed by atoms with Gasteiger partial charge in [-0.05, 0) is 71.8 Å². The van der Waals surface area contributed by atoms with E-state index in [-0.39, 0.29) is 0 Å². The number of fused-ring (bicyclic) bond motifs is 3. The van der Waals surface area contributed by atoms with Crippen molar-refractivity contribution >= 4 is 50.6 Å². The van der Waals surface area contributed by atoms with Crippen LogP contribution in [0.4, 0.5) is 0 Å². The second-order valence-electron chi connectivity index (χ2n) is 14.1. The van der Waals surface area contributed by atoms with Crippen molar-refractivity contribution in [2.24, 2.45) is 0 Å². The predicted molar refractivity (Wildman–Crippen MR) is 225 cm³/mol. The minimum atomic E-state index is -2.79. The van der Waals surface area contributed by atoms with Crippen molar-refractivity contribution in [3.05, 3.63) is 199 Å². The number of benzene rings is 7. The van der Waals surface area contributed by atoms with Crippen molar-refractivity contribution < 1.29 is 0 Å². The van der Waals surface area contributed by atoms with Crippen molar-refractivity contribution in [3.8, 4) is 28.5 Å². The molecule has 53 heavy (non-hydrogen) atoms. The first kappa shape index (κ1) is 32.5. The highest BCUT2D eigenvalue weighted by Gasteiger charge is 2.41. The van der Waals surface area contributed by atoms with Gasteiger partial charge in [-0.1, -0.05) is 162 Å². The van der Waals surface area contributed by atoms with E-state index in [2.05, 4.69) is 207 Å². The maximum absolute atomic E-state index is 5.47. The topological polar surface area (TPSA) is 30.7 Å². The minimum absolute atomic E-state index is 0.707. The number of aromatic nitrogens is 3. The summed E-state index contributed by atoms with van der Waals surface area (Å²) in [5, 5.41) is 7.75. The number of aryl methyl sites for hydroxylation is 3. The van der Waals surface area contributed by atoms with Crippen molar-refractivity contribution in [1.29, 1.82) is 0 Å². The van der Waals surface area contributed by atoms with Gasteiger partial charge in [0, 0.05) is 28.0 Å². The van der Waals surface area contributed by atoms with Crippen LogP contribution < -0.4 is 20.7 Å². The zero-order valence-corrected chi connectivity index (χ0v) is 31.2. The molecule has 0 fully saturated rings. The van der Waals surface area contributed by atoms with Gasteiger partial charge in [-0.25, -0.2) is 9.97 Å². The van der Waals surface area contributed by atoms with E-state index >= 15 is 0 Å². The van der Waals surface area contributed by atoms with Crippen LogP contribution in [0, 0.1) is 20.8 Å². The molecule has 0 amide bonds. The molecule has 0 unspecified atom stereocenters. The van der Waals surface area contributed by atoms with E-state index in [1.165, 1.54) is 48.2 Å². The fraction of sp³-hybridized carbons (Fsp3) is 0.0612. The summed E-state index contributed by atoms with van der Waals surface area (Å²) in [6, 6.07) is 66.4. The first-order valence-corrected chi connectivity index (χ1v) is 20.2. The molecule has 0 saturated heterocycles. The highest BCUT2D eigenvalue weighted by molar-refractivity contribution is 7.19. The van der Waals surface area contributed by atoms with Crippen LogP contribution in [-0.2, 0) is 0 Å². The molecule has 4 heteroatoms. The Labute approximate surface area is 311 Å². The SMILES string of the molecule is Cc1cccc(-c2cc(-n3c4ccccc4c4cc(C)ccc43)nc(-c3cc(C)cc([Si](c4ccccc4)(c4ccccc4)c4ccccc4)c3)n2)c1. The molecule has 0 aliphatic heterocycles. The van der Waals surface area contributed by atoms with E-state index in [1.807, 2.05) is 0 Å². The molecular weight excluding hydrogens is 659 g/mol. The Morgan fingerprint density at radius 1 is 0.396 bits per heavy atom. The lowest BCUT2D eigenvalue weighted by Crippen LogP contribution is -2.74. The lowest BCUT2D eigenvalue weighted by molar-refractivity contribution is 1.05. The Balaban J connectivity index is 1.35. The van der Waals surface area contributed by atoms with Gasteiger partial charge in [0.2, 0.25) is 0 Å². The molecule has 254 valence electrons. The normalized spacial score (nSPS) is 11.7.